The van der Waals surface area contributed by atoms with E-state index in [1.165, 1.54) is 19.4 Å². The molecule has 0 atom stereocenters. The third-order valence-corrected chi connectivity index (χ3v) is 4.82. The number of nitrogens with zero attached hydrogens (tertiary/aromatic N) is 1. The molecule has 1 aromatic heterocycles. The van der Waals surface area contributed by atoms with E-state index in [1.807, 2.05) is 24.3 Å². The molecular weight excluding hydrogens is 328 g/mol. The smallest absolute Gasteiger partial charge is 0.268 e. The number of pyridine rings is 1. The van der Waals surface area contributed by atoms with Gasteiger partial charge in [0.15, 0.2) is 5.75 Å². The number of hydrogen-bond donors (Lipinski definition) is 1. The van der Waals surface area contributed by atoms with Crippen LogP contribution >= 0.6 is 11.6 Å². The van der Waals surface area contributed by atoms with E-state index in [1.54, 1.807) is 11.6 Å². The highest BCUT2D eigenvalue weighted by molar-refractivity contribution is 6.31. The summed E-state index contributed by atoms with van der Waals surface area (Å²) in [6.07, 6.45) is 3.21. The molecule has 0 radical (unpaired) electrons. The Balaban J connectivity index is 1.65. The van der Waals surface area contributed by atoms with E-state index in [2.05, 4.69) is 5.32 Å². The molecule has 2 aromatic rings. The molecule has 5 nitrogen and oxygen atoms in total. The number of ether oxygens (including phenoxy) is 1. The van der Waals surface area contributed by atoms with Crippen molar-refractivity contribution in [2.24, 2.45) is 7.05 Å². The number of amides is 1. The fraction of sp³-hybridized carbons (Fsp3) is 0.333. The minimum absolute atomic E-state index is 0.0935. The van der Waals surface area contributed by atoms with Gasteiger partial charge in [-0.3, -0.25) is 9.59 Å². The van der Waals surface area contributed by atoms with Crippen molar-refractivity contribution in [2.45, 2.75) is 24.8 Å². The summed E-state index contributed by atoms with van der Waals surface area (Å²) in [6.45, 7) is 0. The zero-order valence-electron chi connectivity index (χ0n) is 13.6. The Morgan fingerprint density at radius 2 is 2.04 bits per heavy atom. The number of carbonyl (C=O) groups excluding carboxylic acids is 1. The summed E-state index contributed by atoms with van der Waals surface area (Å²) < 4.78 is 6.57. The monoisotopic (exact) mass is 346 g/mol. The number of aryl methyl sites for hydroxylation is 1. The topological polar surface area (TPSA) is 60.3 Å². The van der Waals surface area contributed by atoms with Crippen molar-refractivity contribution >= 4 is 17.5 Å². The highest BCUT2D eigenvalue weighted by atomic mass is 35.5. The van der Waals surface area contributed by atoms with Crippen LogP contribution in [0.3, 0.4) is 0 Å². The van der Waals surface area contributed by atoms with Crippen molar-refractivity contribution < 1.29 is 9.53 Å². The van der Waals surface area contributed by atoms with Gasteiger partial charge in [-0.05, 0) is 30.4 Å². The fourth-order valence-corrected chi connectivity index (χ4v) is 3.33. The average Bonchev–Trinajstić information content (AvgIpc) is 2.53. The Morgan fingerprint density at radius 1 is 1.33 bits per heavy atom. The molecule has 0 aliphatic heterocycles. The minimum Gasteiger partial charge on any atom is -0.491 e. The SMILES string of the molecule is COc1cn(C)c(C(=O)NC2CC(c3ccccc3Cl)C2)cc1=O. The van der Waals surface area contributed by atoms with Crippen LogP contribution in [0.1, 0.15) is 34.8 Å². The lowest BCUT2D eigenvalue weighted by Crippen LogP contribution is -2.44. The molecule has 1 fully saturated rings. The van der Waals surface area contributed by atoms with Gasteiger partial charge in [0.1, 0.15) is 5.69 Å². The number of hydrogen-bond acceptors (Lipinski definition) is 3. The van der Waals surface area contributed by atoms with Crippen LogP contribution in [0.15, 0.2) is 41.3 Å². The normalized spacial score (nSPS) is 19.5. The van der Waals surface area contributed by atoms with Gasteiger partial charge in [0, 0.05) is 24.2 Å². The summed E-state index contributed by atoms with van der Waals surface area (Å²) in [4.78, 5) is 24.2. The lowest BCUT2D eigenvalue weighted by Gasteiger charge is -2.36. The summed E-state index contributed by atoms with van der Waals surface area (Å²) >= 11 is 6.21. The number of benzene rings is 1. The molecule has 0 spiro atoms. The molecule has 1 aromatic carbocycles. The second-order valence-electron chi connectivity index (χ2n) is 6.06. The molecule has 1 amide bonds. The van der Waals surface area contributed by atoms with Crippen molar-refractivity contribution in [3.8, 4) is 5.75 Å². The highest BCUT2D eigenvalue weighted by Gasteiger charge is 2.33. The molecule has 6 heteroatoms. The molecular formula is C18H19ClN2O3. The Kier molecular flexibility index (Phi) is 4.62. The van der Waals surface area contributed by atoms with E-state index < -0.39 is 0 Å². The van der Waals surface area contributed by atoms with Gasteiger partial charge in [0.05, 0.1) is 13.3 Å². The first-order valence-electron chi connectivity index (χ1n) is 7.79. The summed E-state index contributed by atoms with van der Waals surface area (Å²) in [5.41, 5.74) is 1.15. The van der Waals surface area contributed by atoms with Crippen molar-refractivity contribution in [2.75, 3.05) is 7.11 Å². The summed E-state index contributed by atoms with van der Waals surface area (Å²) in [5.74, 6) is 0.333. The van der Waals surface area contributed by atoms with E-state index in [4.69, 9.17) is 16.3 Å². The Hall–Kier alpha value is -2.27. The first-order valence-corrected chi connectivity index (χ1v) is 8.17. The highest BCUT2D eigenvalue weighted by Crippen LogP contribution is 2.39. The average molecular weight is 347 g/mol. The van der Waals surface area contributed by atoms with Crippen LogP contribution < -0.4 is 15.5 Å². The quantitative estimate of drug-likeness (QED) is 0.926. The summed E-state index contributed by atoms with van der Waals surface area (Å²) in [7, 11) is 3.14. The second-order valence-corrected chi connectivity index (χ2v) is 6.47. The van der Waals surface area contributed by atoms with Gasteiger partial charge >= 0.3 is 0 Å². The second kappa shape index (κ2) is 6.69. The largest absolute Gasteiger partial charge is 0.491 e. The number of nitrogens with one attached hydrogen (secondary N) is 1. The lowest BCUT2D eigenvalue weighted by molar-refractivity contribution is 0.0899. The number of halogens is 1. The van der Waals surface area contributed by atoms with Crippen LogP contribution in [-0.4, -0.2) is 23.6 Å². The maximum Gasteiger partial charge on any atom is 0.268 e. The van der Waals surface area contributed by atoms with Gasteiger partial charge in [0.2, 0.25) is 5.43 Å². The fourth-order valence-electron chi connectivity index (χ4n) is 3.04. The van der Waals surface area contributed by atoms with E-state index in [0.717, 1.165) is 23.4 Å². The van der Waals surface area contributed by atoms with E-state index >= 15 is 0 Å². The van der Waals surface area contributed by atoms with E-state index in [-0.39, 0.29) is 23.1 Å². The summed E-state index contributed by atoms with van der Waals surface area (Å²) in [5, 5.41) is 3.74. The molecule has 0 unspecified atom stereocenters. The number of rotatable bonds is 4. The van der Waals surface area contributed by atoms with Gasteiger partial charge in [-0.15, -0.1) is 0 Å². The molecule has 1 heterocycles. The van der Waals surface area contributed by atoms with Crippen LogP contribution in [-0.2, 0) is 7.05 Å². The van der Waals surface area contributed by atoms with Gasteiger partial charge in [0.25, 0.3) is 5.91 Å². The number of aromatic nitrogens is 1. The van der Waals surface area contributed by atoms with Crippen molar-refractivity contribution in [1.29, 1.82) is 0 Å². The Bertz CT molecular complexity index is 825. The third-order valence-electron chi connectivity index (χ3n) is 4.47. The van der Waals surface area contributed by atoms with Crippen molar-refractivity contribution in [1.82, 2.24) is 9.88 Å². The third kappa shape index (κ3) is 3.17. The Morgan fingerprint density at radius 3 is 2.71 bits per heavy atom. The van der Waals surface area contributed by atoms with Crippen molar-refractivity contribution in [3.63, 3.8) is 0 Å². The molecule has 1 saturated carbocycles. The molecule has 24 heavy (non-hydrogen) atoms. The Labute approximate surface area is 145 Å². The van der Waals surface area contributed by atoms with Crippen LogP contribution in [0.25, 0.3) is 0 Å². The van der Waals surface area contributed by atoms with Gasteiger partial charge in [-0.2, -0.15) is 0 Å². The van der Waals surface area contributed by atoms with Crippen LogP contribution in [0.2, 0.25) is 5.02 Å². The zero-order valence-corrected chi connectivity index (χ0v) is 14.3. The maximum absolute atomic E-state index is 12.4. The minimum atomic E-state index is -0.302. The zero-order chi connectivity index (χ0) is 17.3. The predicted molar refractivity (Wildman–Crippen MR) is 92.9 cm³/mol. The first-order chi connectivity index (χ1) is 11.5. The lowest BCUT2D eigenvalue weighted by atomic mass is 9.76. The molecule has 126 valence electrons. The molecule has 1 N–H and O–H groups in total. The molecule has 0 bridgehead atoms. The number of methoxy groups -OCH3 is 1. The van der Waals surface area contributed by atoms with E-state index in [0.29, 0.717) is 11.6 Å². The molecule has 1 aliphatic rings. The standard InChI is InChI=1S/C18H19ClN2O3/c1-21-10-17(24-2)16(22)9-15(21)18(23)20-12-7-11(8-12)13-5-3-4-6-14(13)19/h3-6,9-12H,7-8H2,1-2H3,(H,20,23). The van der Waals surface area contributed by atoms with Gasteiger partial charge < -0.3 is 14.6 Å². The molecule has 0 saturated heterocycles. The summed E-state index contributed by atoms with van der Waals surface area (Å²) in [6, 6.07) is 9.19. The van der Waals surface area contributed by atoms with Crippen LogP contribution in [0.4, 0.5) is 0 Å². The van der Waals surface area contributed by atoms with Crippen LogP contribution in [0.5, 0.6) is 5.75 Å². The predicted octanol–water partition coefficient (Wildman–Crippen LogP) is 2.72. The van der Waals surface area contributed by atoms with E-state index in [9.17, 15) is 9.59 Å². The van der Waals surface area contributed by atoms with Gasteiger partial charge in [-0.25, -0.2) is 0 Å². The number of carbonyl (C=O) groups is 1. The van der Waals surface area contributed by atoms with Crippen molar-refractivity contribution in [3.05, 3.63) is 63.0 Å². The first kappa shape index (κ1) is 16.6. The molecule has 1 aliphatic carbocycles. The molecule has 3 rings (SSSR count). The van der Waals surface area contributed by atoms with Gasteiger partial charge in [-0.1, -0.05) is 29.8 Å². The maximum atomic E-state index is 12.4. The van der Waals surface area contributed by atoms with Crippen LogP contribution in [0, 0.1) is 0 Å².